The van der Waals surface area contributed by atoms with Gasteiger partial charge in [-0.1, -0.05) is 32.9 Å². The zero-order chi connectivity index (χ0) is 9.47. The Labute approximate surface area is 80.9 Å². The molecule has 0 amide bonds. The molecule has 0 bridgehead atoms. The molecular weight excluding hydrogens is 158 g/mol. The molecule has 1 aliphatic carbocycles. The molecule has 2 rings (SSSR count). The molecule has 0 saturated carbocycles. The number of hydrogen-bond donors (Lipinski definition) is 1. The number of hydrogen-bond acceptors (Lipinski definition) is 1. The number of rotatable bonds is 0. The first-order valence-corrected chi connectivity index (χ1v) is 5.27. The second kappa shape index (κ2) is 2.90. The summed E-state index contributed by atoms with van der Waals surface area (Å²) in [5.74, 6) is 0.672. The Hall–Kier alpha value is -0.720. The molecule has 2 aliphatic rings. The zero-order valence-electron chi connectivity index (χ0n) is 8.85. The summed E-state index contributed by atoms with van der Waals surface area (Å²) in [7, 11) is 0. The molecule has 1 heterocycles. The van der Waals surface area contributed by atoms with Gasteiger partial charge in [-0.05, 0) is 29.7 Å². The molecule has 1 fully saturated rings. The summed E-state index contributed by atoms with van der Waals surface area (Å²) in [5, 5.41) is 3.49. The predicted molar refractivity (Wildman–Crippen MR) is 56.3 cm³/mol. The second-order valence-electron chi connectivity index (χ2n) is 4.89. The van der Waals surface area contributed by atoms with Crippen LogP contribution in [0.5, 0.6) is 0 Å². The summed E-state index contributed by atoms with van der Waals surface area (Å²) in [6.07, 6.45) is 7.41. The Morgan fingerprint density at radius 1 is 1.46 bits per heavy atom. The van der Waals surface area contributed by atoms with Gasteiger partial charge in [-0.15, -0.1) is 0 Å². The fourth-order valence-electron chi connectivity index (χ4n) is 2.09. The third-order valence-corrected chi connectivity index (χ3v) is 3.43. The van der Waals surface area contributed by atoms with E-state index in [-0.39, 0.29) is 0 Å². The van der Waals surface area contributed by atoms with Crippen molar-refractivity contribution in [3.8, 4) is 0 Å². The lowest BCUT2D eigenvalue weighted by Crippen LogP contribution is -2.30. The fourth-order valence-corrected chi connectivity index (χ4v) is 2.09. The maximum absolute atomic E-state index is 3.49. The van der Waals surface area contributed by atoms with Crippen LogP contribution in [0.4, 0.5) is 0 Å². The lowest BCUT2D eigenvalue weighted by Gasteiger charge is -2.35. The normalized spacial score (nSPS) is 31.2. The van der Waals surface area contributed by atoms with E-state index in [1.165, 1.54) is 24.1 Å². The average Bonchev–Trinajstić information content (AvgIpc) is 2.06. The molecule has 1 saturated heterocycles. The highest BCUT2D eigenvalue weighted by molar-refractivity contribution is 5.37. The van der Waals surface area contributed by atoms with Gasteiger partial charge in [0.1, 0.15) is 0 Å². The van der Waals surface area contributed by atoms with Gasteiger partial charge >= 0.3 is 0 Å². The minimum Gasteiger partial charge on any atom is -0.385 e. The van der Waals surface area contributed by atoms with Crippen LogP contribution in [0.2, 0.25) is 0 Å². The minimum atomic E-state index is 0.323. The van der Waals surface area contributed by atoms with E-state index < -0.39 is 0 Å². The van der Waals surface area contributed by atoms with Gasteiger partial charge in [0.2, 0.25) is 0 Å². The molecule has 1 atom stereocenters. The first-order valence-electron chi connectivity index (χ1n) is 5.27. The maximum Gasteiger partial charge on any atom is 0.0334 e. The van der Waals surface area contributed by atoms with Gasteiger partial charge < -0.3 is 5.32 Å². The summed E-state index contributed by atoms with van der Waals surface area (Å²) in [6, 6.07) is 0. The van der Waals surface area contributed by atoms with Gasteiger partial charge in [-0.3, -0.25) is 0 Å². The highest BCUT2D eigenvalue weighted by Gasteiger charge is 2.28. The molecule has 1 aliphatic heterocycles. The van der Waals surface area contributed by atoms with E-state index in [4.69, 9.17) is 0 Å². The standard InChI is InChI=1S/C12H19N/c1-9-7-10-5-4-6-13-11(10)8-12(9,2)3/h7-9,13H,4-6H2,1-3H3. The van der Waals surface area contributed by atoms with Crippen LogP contribution in [0.1, 0.15) is 33.6 Å². The predicted octanol–water partition coefficient (Wildman–Crippen LogP) is 2.86. The first-order chi connectivity index (χ1) is 6.09. The SMILES string of the molecule is CC1C=C2CCCNC2=CC1(C)C. The van der Waals surface area contributed by atoms with Crippen LogP contribution in [0, 0.1) is 11.3 Å². The maximum atomic E-state index is 3.49. The molecule has 13 heavy (non-hydrogen) atoms. The largest absolute Gasteiger partial charge is 0.385 e. The highest BCUT2D eigenvalue weighted by atomic mass is 14.9. The molecule has 1 nitrogen and oxygen atoms in total. The van der Waals surface area contributed by atoms with Crippen molar-refractivity contribution in [2.45, 2.75) is 33.6 Å². The molecule has 0 aromatic heterocycles. The molecule has 1 N–H and O–H groups in total. The lowest BCUT2D eigenvalue weighted by atomic mass is 9.73. The van der Waals surface area contributed by atoms with Gasteiger partial charge in [0, 0.05) is 12.2 Å². The zero-order valence-corrected chi connectivity index (χ0v) is 8.85. The van der Waals surface area contributed by atoms with Gasteiger partial charge in [0.25, 0.3) is 0 Å². The van der Waals surface area contributed by atoms with Crippen molar-refractivity contribution in [1.29, 1.82) is 0 Å². The van der Waals surface area contributed by atoms with Crippen LogP contribution in [0.15, 0.2) is 23.4 Å². The van der Waals surface area contributed by atoms with E-state index in [2.05, 4.69) is 38.2 Å². The summed E-state index contributed by atoms with van der Waals surface area (Å²) >= 11 is 0. The molecule has 1 heteroatoms. The third-order valence-electron chi connectivity index (χ3n) is 3.43. The van der Waals surface area contributed by atoms with Gasteiger partial charge in [-0.25, -0.2) is 0 Å². The van der Waals surface area contributed by atoms with Crippen molar-refractivity contribution in [3.05, 3.63) is 23.4 Å². The van der Waals surface area contributed by atoms with Crippen LogP contribution in [-0.2, 0) is 0 Å². The average molecular weight is 177 g/mol. The molecule has 0 radical (unpaired) electrons. The van der Waals surface area contributed by atoms with Crippen LogP contribution in [0.3, 0.4) is 0 Å². The Bertz CT molecular complexity index is 271. The van der Waals surface area contributed by atoms with Crippen LogP contribution >= 0.6 is 0 Å². The van der Waals surface area contributed by atoms with Crippen molar-refractivity contribution >= 4 is 0 Å². The van der Waals surface area contributed by atoms with Crippen LogP contribution in [-0.4, -0.2) is 6.54 Å². The van der Waals surface area contributed by atoms with Gasteiger partial charge in [-0.2, -0.15) is 0 Å². The van der Waals surface area contributed by atoms with Crippen molar-refractivity contribution in [2.75, 3.05) is 6.54 Å². The topological polar surface area (TPSA) is 12.0 Å². The first kappa shape index (κ1) is 8.86. The number of allylic oxidation sites excluding steroid dienone is 3. The van der Waals surface area contributed by atoms with E-state index in [9.17, 15) is 0 Å². The smallest absolute Gasteiger partial charge is 0.0334 e. The Kier molecular flexibility index (Phi) is 1.98. The van der Waals surface area contributed by atoms with E-state index in [1.54, 1.807) is 0 Å². The van der Waals surface area contributed by atoms with E-state index in [0.29, 0.717) is 11.3 Å². The number of nitrogens with one attached hydrogen (secondary N) is 1. The molecular formula is C12H19N. The molecule has 0 aromatic rings. The molecule has 0 aromatic carbocycles. The van der Waals surface area contributed by atoms with Crippen molar-refractivity contribution < 1.29 is 0 Å². The monoisotopic (exact) mass is 177 g/mol. The number of piperidine rings is 1. The lowest BCUT2D eigenvalue weighted by molar-refractivity contribution is 0.352. The minimum absolute atomic E-state index is 0.323. The summed E-state index contributed by atoms with van der Waals surface area (Å²) < 4.78 is 0. The molecule has 0 spiro atoms. The highest BCUT2D eigenvalue weighted by Crippen LogP contribution is 2.38. The second-order valence-corrected chi connectivity index (χ2v) is 4.89. The Morgan fingerprint density at radius 2 is 2.23 bits per heavy atom. The van der Waals surface area contributed by atoms with E-state index in [1.807, 2.05) is 0 Å². The van der Waals surface area contributed by atoms with E-state index in [0.717, 1.165) is 6.54 Å². The van der Waals surface area contributed by atoms with Crippen molar-refractivity contribution in [2.24, 2.45) is 11.3 Å². The van der Waals surface area contributed by atoms with Crippen molar-refractivity contribution in [3.63, 3.8) is 0 Å². The Morgan fingerprint density at radius 3 is 3.00 bits per heavy atom. The van der Waals surface area contributed by atoms with E-state index >= 15 is 0 Å². The number of fused-ring (bicyclic) bond motifs is 1. The Balaban J connectivity index is 2.31. The van der Waals surface area contributed by atoms with Gasteiger partial charge in [0.05, 0.1) is 0 Å². The fraction of sp³-hybridized carbons (Fsp3) is 0.667. The summed E-state index contributed by atoms with van der Waals surface area (Å²) in [4.78, 5) is 0. The third kappa shape index (κ3) is 1.52. The summed E-state index contributed by atoms with van der Waals surface area (Å²) in [5.41, 5.74) is 3.26. The molecule has 1 unspecified atom stereocenters. The van der Waals surface area contributed by atoms with Crippen molar-refractivity contribution in [1.82, 2.24) is 5.32 Å². The quantitative estimate of drug-likeness (QED) is 0.600. The van der Waals surface area contributed by atoms with Gasteiger partial charge in [0.15, 0.2) is 0 Å². The van der Waals surface area contributed by atoms with Crippen LogP contribution < -0.4 is 5.32 Å². The molecule has 72 valence electrons. The van der Waals surface area contributed by atoms with Crippen LogP contribution in [0.25, 0.3) is 0 Å². The summed E-state index contributed by atoms with van der Waals surface area (Å²) in [6.45, 7) is 8.09.